The summed E-state index contributed by atoms with van der Waals surface area (Å²) in [6.07, 6.45) is 2.25. The van der Waals surface area contributed by atoms with Gasteiger partial charge in [0.2, 0.25) is 0 Å². The van der Waals surface area contributed by atoms with Crippen molar-refractivity contribution in [1.82, 2.24) is 0 Å². The Labute approximate surface area is 162 Å². The fourth-order valence-corrected chi connectivity index (χ4v) is 5.68. The first-order valence-electron chi connectivity index (χ1n) is 8.36. The highest BCUT2D eigenvalue weighted by Crippen LogP contribution is 2.32. The molecule has 0 saturated heterocycles. The minimum Gasteiger partial charge on any atom is -0.219 e. The first-order chi connectivity index (χ1) is 12.1. The lowest BCUT2D eigenvalue weighted by Gasteiger charge is -2.20. The zero-order chi connectivity index (χ0) is 17.6. The zero-order valence-corrected chi connectivity index (χ0v) is 16.9. The average molecular weight is 388 g/mol. The fraction of sp³-hybridized carbons (Fsp3) is 0.238. The van der Waals surface area contributed by atoms with Crippen LogP contribution in [0.4, 0.5) is 5.69 Å². The van der Waals surface area contributed by atoms with Gasteiger partial charge in [-0.3, -0.25) is 0 Å². The molecule has 1 heterocycles. The van der Waals surface area contributed by atoms with E-state index >= 15 is 0 Å². The van der Waals surface area contributed by atoms with E-state index in [4.69, 9.17) is 16.0 Å². The predicted molar refractivity (Wildman–Crippen MR) is 114 cm³/mol. The van der Waals surface area contributed by atoms with Gasteiger partial charge in [0.05, 0.1) is 5.69 Å². The highest BCUT2D eigenvalue weighted by Gasteiger charge is 2.15. The van der Waals surface area contributed by atoms with Crippen molar-refractivity contribution in [2.45, 2.75) is 31.6 Å². The van der Waals surface area contributed by atoms with E-state index in [9.17, 15) is 0 Å². The second kappa shape index (κ2) is 8.88. The third-order valence-electron chi connectivity index (χ3n) is 3.96. The van der Waals surface area contributed by atoms with Crippen molar-refractivity contribution in [3.05, 3.63) is 81.1 Å². The van der Waals surface area contributed by atoms with Crippen molar-refractivity contribution in [2.24, 2.45) is 4.36 Å². The van der Waals surface area contributed by atoms with Crippen molar-refractivity contribution in [2.75, 3.05) is 5.75 Å². The molecule has 0 spiro atoms. The summed E-state index contributed by atoms with van der Waals surface area (Å²) in [5.74, 6) is 1.04. The van der Waals surface area contributed by atoms with E-state index in [0.29, 0.717) is 0 Å². The molecule has 0 amide bonds. The van der Waals surface area contributed by atoms with E-state index in [1.807, 2.05) is 36.0 Å². The Hall–Kier alpha value is -1.29. The van der Waals surface area contributed by atoms with Crippen LogP contribution in [0.3, 0.4) is 0 Å². The number of hydrogen-bond acceptors (Lipinski definition) is 2. The molecule has 0 radical (unpaired) electrons. The van der Waals surface area contributed by atoms with E-state index < -0.39 is 0 Å². The monoisotopic (exact) mass is 387 g/mol. The fourth-order valence-electron chi connectivity index (χ4n) is 2.62. The number of halogens is 1. The summed E-state index contributed by atoms with van der Waals surface area (Å²) >= 11 is 7.90. The van der Waals surface area contributed by atoms with Crippen LogP contribution in [0.2, 0.25) is 5.02 Å². The molecule has 2 aromatic rings. The molecular weight excluding hydrogens is 366 g/mol. The van der Waals surface area contributed by atoms with Gasteiger partial charge in [0.25, 0.3) is 0 Å². The van der Waals surface area contributed by atoms with Crippen molar-refractivity contribution in [3.8, 4) is 0 Å². The van der Waals surface area contributed by atoms with Gasteiger partial charge in [-0.15, -0.1) is 11.8 Å². The van der Waals surface area contributed by atoms with Gasteiger partial charge in [-0.05, 0) is 84.1 Å². The van der Waals surface area contributed by atoms with Crippen LogP contribution in [0, 0.1) is 0 Å². The highest BCUT2D eigenvalue weighted by molar-refractivity contribution is 7.99. The summed E-state index contributed by atoms with van der Waals surface area (Å²) in [5, 5.41) is 3.14. The van der Waals surface area contributed by atoms with Crippen LogP contribution in [0.5, 0.6) is 0 Å². The molecule has 0 saturated carbocycles. The first-order valence-corrected chi connectivity index (χ1v) is 11.0. The first kappa shape index (κ1) is 18.5. The number of thioether (sulfide) groups is 1. The SMILES string of the molecule is CC(C)=C1CCC(CSc2ccccc2)=CS1=Nc1ccc(Cl)cc1. The van der Waals surface area contributed by atoms with Gasteiger partial charge in [-0.1, -0.05) is 40.9 Å². The Morgan fingerprint density at radius 2 is 1.76 bits per heavy atom. The Morgan fingerprint density at radius 3 is 2.44 bits per heavy atom. The maximum atomic E-state index is 5.99. The van der Waals surface area contributed by atoms with E-state index in [1.54, 1.807) is 0 Å². The molecule has 3 rings (SSSR count). The van der Waals surface area contributed by atoms with Gasteiger partial charge in [0.1, 0.15) is 0 Å². The normalized spacial score (nSPS) is 17.5. The largest absolute Gasteiger partial charge is 0.219 e. The van der Waals surface area contributed by atoms with Gasteiger partial charge in [0.15, 0.2) is 0 Å². The summed E-state index contributed by atoms with van der Waals surface area (Å²) in [6, 6.07) is 18.4. The number of hydrogen-bond donors (Lipinski definition) is 0. The van der Waals surface area contributed by atoms with Crippen LogP contribution in [0.1, 0.15) is 26.7 Å². The molecule has 1 aliphatic rings. The quantitative estimate of drug-likeness (QED) is 0.493. The molecule has 25 heavy (non-hydrogen) atoms. The standard InChI is InChI=1S/C21H22ClNS2/c1-16(2)21-13-8-17(14-24-20-6-4-3-5-7-20)15-25(21)23-19-11-9-18(22)10-12-19/h3-7,9-12,15H,8,13-14H2,1-2H3. The molecule has 1 nitrogen and oxygen atoms in total. The molecule has 0 N–H and O–H groups in total. The predicted octanol–water partition coefficient (Wildman–Crippen LogP) is 7.54. The lowest BCUT2D eigenvalue weighted by Crippen LogP contribution is -2.04. The molecule has 1 aliphatic heterocycles. The van der Waals surface area contributed by atoms with Crippen molar-refractivity contribution >= 4 is 39.7 Å². The van der Waals surface area contributed by atoms with Crippen LogP contribution < -0.4 is 0 Å². The molecule has 0 fully saturated rings. The van der Waals surface area contributed by atoms with Gasteiger partial charge in [0, 0.05) is 15.7 Å². The van der Waals surface area contributed by atoms with Crippen LogP contribution in [-0.2, 0) is 10.7 Å². The lowest BCUT2D eigenvalue weighted by atomic mass is 10.1. The van der Waals surface area contributed by atoms with Crippen molar-refractivity contribution in [3.63, 3.8) is 0 Å². The average Bonchev–Trinajstić information content (AvgIpc) is 2.63. The minimum atomic E-state index is -0.172. The number of allylic oxidation sites excluding steroid dienone is 2. The minimum absolute atomic E-state index is 0.172. The van der Waals surface area contributed by atoms with E-state index in [0.717, 1.165) is 29.3 Å². The van der Waals surface area contributed by atoms with Crippen molar-refractivity contribution < 1.29 is 0 Å². The summed E-state index contributed by atoms with van der Waals surface area (Å²) in [5.41, 5.74) is 3.90. The lowest BCUT2D eigenvalue weighted by molar-refractivity contribution is 0.950. The molecule has 2 aromatic carbocycles. The van der Waals surface area contributed by atoms with E-state index in [2.05, 4.69) is 49.6 Å². The maximum Gasteiger partial charge on any atom is 0.0711 e. The van der Waals surface area contributed by atoms with Gasteiger partial charge < -0.3 is 0 Å². The molecule has 0 aliphatic carbocycles. The third-order valence-corrected chi connectivity index (χ3v) is 7.41. The Morgan fingerprint density at radius 1 is 1.04 bits per heavy atom. The topological polar surface area (TPSA) is 12.4 Å². The molecule has 4 heteroatoms. The molecule has 0 bridgehead atoms. The molecule has 1 atom stereocenters. The number of benzene rings is 2. The summed E-state index contributed by atoms with van der Waals surface area (Å²) in [7, 11) is -0.172. The van der Waals surface area contributed by atoms with Gasteiger partial charge >= 0.3 is 0 Å². The highest BCUT2D eigenvalue weighted by atomic mass is 35.5. The number of nitrogens with zero attached hydrogens (tertiary/aromatic N) is 1. The smallest absolute Gasteiger partial charge is 0.0711 e. The van der Waals surface area contributed by atoms with E-state index in [-0.39, 0.29) is 10.7 Å². The van der Waals surface area contributed by atoms with Crippen LogP contribution in [-0.4, -0.2) is 5.75 Å². The molecule has 130 valence electrons. The van der Waals surface area contributed by atoms with Gasteiger partial charge in [-0.2, -0.15) is 0 Å². The molecule has 0 aromatic heterocycles. The Balaban J connectivity index is 1.83. The van der Waals surface area contributed by atoms with Crippen molar-refractivity contribution in [1.29, 1.82) is 0 Å². The molecule has 1 unspecified atom stereocenters. The second-order valence-corrected chi connectivity index (χ2v) is 9.21. The van der Waals surface area contributed by atoms with Gasteiger partial charge in [-0.25, -0.2) is 4.36 Å². The third kappa shape index (κ3) is 5.34. The zero-order valence-electron chi connectivity index (χ0n) is 14.5. The summed E-state index contributed by atoms with van der Waals surface area (Å²) < 4.78 is 4.99. The summed E-state index contributed by atoms with van der Waals surface area (Å²) in [6.45, 7) is 4.40. The number of rotatable bonds is 4. The second-order valence-electron chi connectivity index (χ2n) is 6.18. The Kier molecular flexibility index (Phi) is 6.57. The van der Waals surface area contributed by atoms with Crippen LogP contribution in [0.15, 0.2) is 85.3 Å². The maximum absolute atomic E-state index is 5.99. The van der Waals surface area contributed by atoms with Crippen LogP contribution in [0.25, 0.3) is 0 Å². The molecular formula is C21H22ClNS2. The Bertz CT molecular complexity index is 817. The summed E-state index contributed by atoms with van der Waals surface area (Å²) in [4.78, 5) is 2.80. The van der Waals surface area contributed by atoms with Crippen LogP contribution >= 0.6 is 23.4 Å². The van der Waals surface area contributed by atoms with E-state index in [1.165, 1.54) is 20.9 Å².